The first-order chi connectivity index (χ1) is 9.10. The fraction of sp³-hybridized carbons (Fsp3) is 0. The van der Waals surface area contributed by atoms with Crippen LogP contribution in [0.15, 0.2) is 36.4 Å². The molecular formula is C13H8N2O3S. The summed E-state index contributed by atoms with van der Waals surface area (Å²) in [5, 5.41) is 20.1. The lowest BCUT2D eigenvalue weighted by molar-refractivity contribution is 0.0702. The first-order valence-electron chi connectivity index (χ1n) is 5.25. The van der Waals surface area contributed by atoms with Gasteiger partial charge in [-0.25, -0.2) is 4.79 Å². The highest BCUT2D eigenvalue weighted by Gasteiger charge is 2.13. The summed E-state index contributed by atoms with van der Waals surface area (Å²) in [6.07, 6.45) is 0. The number of nitrogens with one attached hydrogen (secondary N) is 1. The molecule has 0 unspecified atom stereocenters. The molecule has 1 aromatic carbocycles. The van der Waals surface area contributed by atoms with Gasteiger partial charge in [-0.1, -0.05) is 6.07 Å². The molecule has 2 rings (SSSR count). The Morgan fingerprint density at radius 2 is 1.95 bits per heavy atom. The number of thiophene rings is 1. The van der Waals surface area contributed by atoms with Crippen molar-refractivity contribution in [2.45, 2.75) is 0 Å². The molecule has 2 N–H and O–H groups in total. The molecule has 0 saturated heterocycles. The van der Waals surface area contributed by atoms with E-state index in [0.29, 0.717) is 16.1 Å². The molecule has 1 aromatic heterocycles. The highest BCUT2D eigenvalue weighted by atomic mass is 32.1. The van der Waals surface area contributed by atoms with E-state index in [1.54, 1.807) is 24.3 Å². The van der Waals surface area contributed by atoms with Gasteiger partial charge < -0.3 is 10.4 Å². The van der Waals surface area contributed by atoms with Crippen LogP contribution in [0.3, 0.4) is 0 Å². The number of nitriles is 1. The zero-order valence-corrected chi connectivity index (χ0v) is 10.4. The third-order valence-electron chi connectivity index (χ3n) is 2.29. The SMILES string of the molecule is N#Cc1cccc(NC(=O)c2ccc(C(=O)O)s2)c1. The summed E-state index contributed by atoms with van der Waals surface area (Å²) in [4.78, 5) is 23.0. The zero-order valence-electron chi connectivity index (χ0n) is 9.58. The number of nitrogens with zero attached hydrogens (tertiary/aromatic N) is 1. The number of rotatable bonds is 3. The van der Waals surface area contributed by atoms with Gasteiger partial charge in [-0.05, 0) is 30.3 Å². The number of hydrogen-bond donors (Lipinski definition) is 2. The Labute approximate surface area is 112 Å². The predicted molar refractivity (Wildman–Crippen MR) is 70.4 cm³/mol. The number of carbonyl (C=O) groups excluding carboxylic acids is 1. The summed E-state index contributed by atoms with van der Waals surface area (Å²) in [6.45, 7) is 0. The second kappa shape index (κ2) is 5.33. The Morgan fingerprint density at radius 1 is 1.21 bits per heavy atom. The molecule has 2 aromatic rings. The Balaban J connectivity index is 2.16. The van der Waals surface area contributed by atoms with E-state index in [4.69, 9.17) is 10.4 Å². The number of carboxylic acids is 1. The Hall–Kier alpha value is -2.65. The molecule has 0 radical (unpaired) electrons. The minimum absolute atomic E-state index is 0.107. The second-order valence-corrected chi connectivity index (χ2v) is 4.70. The van der Waals surface area contributed by atoms with Crippen molar-refractivity contribution in [3.63, 3.8) is 0 Å². The molecule has 19 heavy (non-hydrogen) atoms. The smallest absolute Gasteiger partial charge is 0.345 e. The van der Waals surface area contributed by atoms with Gasteiger partial charge in [0.05, 0.1) is 16.5 Å². The predicted octanol–water partition coefficient (Wildman–Crippen LogP) is 2.57. The van der Waals surface area contributed by atoms with E-state index in [0.717, 1.165) is 11.3 Å². The molecule has 0 saturated carbocycles. The number of aromatic carboxylic acids is 1. The van der Waals surface area contributed by atoms with Gasteiger partial charge in [0, 0.05) is 5.69 Å². The second-order valence-electron chi connectivity index (χ2n) is 3.62. The molecule has 1 amide bonds. The van der Waals surface area contributed by atoms with Crippen LogP contribution in [0.25, 0.3) is 0 Å². The van der Waals surface area contributed by atoms with Gasteiger partial charge in [-0.2, -0.15) is 5.26 Å². The number of anilines is 1. The number of amides is 1. The average Bonchev–Trinajstić information content (AvgIpc) is 2.89. The molecule has 1 heterocycles. The van der Waals surface area contributed by atoms with E-state index in [-0.39, 0.29) is 4.88 Å². The fourth-order valence-electron chi connectivity index (χ4n) is 1.43. The van der Waals surface area contributed by atoms with Crippen molar-refractivity contribution in [1.82, 2.24) is 0 Å². The van der Waals surface area contributed by atoms with Gasteiger partial charge >= 0.3 is 5.97 Å². The van der Waals surface area contributed by atoms with Crippen molar-refractivity contribution in [2.75, 3.05) is 5.32 Å². The monoisotopic (exact) mass is 272 g/mol. The summed E-state index contributed by atoms with van der Waals surface area (Å²) >= 11 is 0.902. The van der Waals surface area contributed by atoms with Gasteiger partial charge in [0.25, 0.3) is 5.91 Å². The van der Waals surface area contributed by atoms with Crippen LogP contribution < -0.4 is 5.32 Å². The van der Waals surface area contributed by atoms with E-state index in [1.165, 1.54) is 12.1 Å². The van der Waals surface area contributed by atoms with Gasteiger partial charge in [-0.3, -0.25) is 4.79 Å². The summed E-state index contributed by atoms with van der Waals surface area (Å²) < 4.78 is 0. The summed E-state index contributed by atoms with van der Waals surface area (Å²) in [5.74, 6) is -1.46. The minimum atomic E-state index is -1.06. The van der Waals surface area contributed by atoms with Gasteiger partial charge in [0.15, 0.2) is 0 Å². The highest BCUT2D eigenvalue weighted by molar-refractivity contribution is 7.15. The Kier molecular flexibility index (Phi) is 3.59. The number of carbonyl (C=O) groups is 2. The maximum Gasteiger partial charge on any atom is 0.345 e. The molecule has 0 bridgehead atoms. The first kappa shape index (κ1) is 12.8. The molecule has 0 aliphatic heterocycles. The molecule has 6 heteroatoms. The summed E-state index contributed by atoms with van der Waals surface area (Å²) in [5.41, 5.74) is 0.935. The lowest BCUT2D eigenvalue weighted by Crippen LogP contribution is -2.10. The zero-order chi connectivity index (χ0) is 13.8. The largest absolute Gasteiger partial charge is 0.477 e. The van der Waals surface area contributed by atoms with Crippen LogP contribution in [-0.4, -0.2) is 17.0 Å². The number of benzene rings is 1. The van der Waals surface area contributed by atoms with Crippen LogP contribution in [-0.2, 0) is 0 Å². The molecule has 0 fully saturated rings. The topological polar surface area (TPSA) is 90.2 Å². The summed E-state index contributed by atoms with van der Waals surface area (Å²) in [6, 6.07) is 11.3. The normalized spacial score (nSPS) is 9.63. The number of carboxylic acid groups (broad SMARTS) is 1. The lowest BCUT2D eigenvalue weighted by atomic mass is 10.2. The van der Waals surface area contributed by atoms with Crippen molar-refractivity contribution in [3.8, 4) is 6.07 Å². The van der Waals surface area contributed by atoms with Crippen molar-refractivity contribution in [3.05, 3.63) is 51.7 Å². The summed E-state index contributed by atoms with van der Waals surface area (Å²) in [7, 11) is 0. The van der Waals surface area contributed by atoms with E-state index in [9.17, 15) is 9.59 Å². The van der Waals surface area contributed by atoms with Crippen LogP contribution in [0.1, 0.15) is 24.9 Å². The van der Waals surface area contributed by atoms with Gasteiger partial charge in [0.1, 0.15) is 4.88 Å². The van der Waals surface area contributed by atoms with E-state index in [2.05, 4.69) is 5.32 Å². The van der Waals surface area contributed by atoms with Crippen molar-refractivity contribution in [1.29, 1.82) is 5.26 Å². The van der Waals surface area contributed by atoms with E-state index in [1.807, 2.05) is 6.07 Å². The molecule has 94 valence electrons. The van der Waals surface area contributed by atoms with Gasteiger partial charge in [0.2, 0.25) is 0 Å². The number of hydrogen-bond acceptors (Lipinski definition) is 4. The average molecular weight is 272 g/mol. The minimum Gasteiger partial charge on any atom is -0.477 e. The molecular weight excluding hydrogens is 264 g/mol. The van der Waals surface area contributed by atoms with Crippen molar-refractivity contribution >= 4 is 28.9 Å². The van der Waals surface area contributed by atoms with Crippen molar-refractivity contribution in [2.24, 2.45) is 0 Å². The maximum atomic E-state index is 11.9. The van der Waals surface area contributed by atoms with E-state index >= 15 is 0 Å². The molecule has 0 atom stereocenters. The molecule has 0 aliphatic rings. The Bertz CT molecular complexity index is 685. The lowest BCUT2D eigenvalue weighted by Gasteiger charge is -2.03. The molecule has 0 spiro atoms. The highest BCUT2D eigenvalue weighted by Crippen LogP contribution is 2.18. The van der Waals surface area contributed by atoms with Crippen LogP contribution in [0, 0.1) is 11.3 Å². The quantitative estimate of drug-likeness (QED) is 0.898. The van der Waals surface area contributed by atoms with Crippen LogP contribution in [0.5, 0.6) is 0 Å². The van der Waals surface area contributed by atoms with Crippen LogP contribution >= 0.6 is 11.3 Å². The molecule has 0 aliphatic carbocycles. The van der Waals surface area contributed by atoms with Gasteiger partial charge in [-0.15, -0.1) is 11.3 Å². The van der Waals surface area contributed by atoms with E-state index < -0.39 is 11.9 Å². The third-order valence-corrected chi connectivity index (χ3v) is 3.36. The van der Waals surface area contributed by atoms with Crippen molar-refractivity contribution < 1.29 is 14.7 Å². The molecule has 5 nitrogen and oxygen atoms in total. The van der Waals surface area contributed by atoms with Crippen LogP contribution in [0.2, 0.25) is 0 Å². The first-order valence-corrected chi connectivity index (χ1v) is 6.06. The third kappa shape index (κ3) is 2.97. The maximum absolute atomic E-state index is 11.9. The fourth-order valence-corrected chi connectivity index (χ4v) is 2.17. The standard InChI is InChI=1S/C13H8N2O3S/c14-7-8-2-1-3-9(6-8)15-12(16)10-4-5-11(19-10)13(17)18/h1-6H,(H,15,16)(H,17,18). The Morgan fingerprint density at radius 3 is 2.58 bits per heavy atom. The van der Waals surface area contributed by atoms with Crippen LogP contribution in [0.4, 0.5) is 5.69 Å².